The van der Waals surface area contributed by atoms with Gasteiger partial charge in [-0.15, -0.1) is 0 Å². The van der Waals surface area contributed by atoms with Crippen molar-refractivity contribution in [3.05, 3.63) is 23.0 Å². The van der Waals surface area contributed by atoms with Gasteiger partial charge in [-0.1, -0.05) is 11.6 Å². The quantitative estimate of drug-likeness (QED) is 0.497. The molecule has 1 aromatic carbocycles. The third-order valence-electron chi connectivity index (χ3n) is 1.92. The van der Waals surface area contributed by atoms with Crippen LogP contribution in [0.3, 0.4) is 0 Å². The summed E-state index contributed by atoms with van der Waals surface area (Å²) in [6, 6.07) is 2.29. The lowest BCUT2D eigenvalue weighted by Crippen LogP contribution is -2.20. The first-order valence-electron chi connectivity index (χ1n) is 4.92. The Bertz CT molecular complexity index is 412. The van der Waals surface area contributed by atoms with E-state index in [1.807, 2.05) is 0 Å². The van der Waals surface area contributed by atoms with Crippen molar-refractivity contribution in [3.63, 3.8) is 0 Å². The van der Waals surface area contributed by atoms with Crippen LogP contribution in [0.4, 0.5) is 28.9 Å². The molecule has 0 heterocycles. The third kappa shape index (κ3) is 4.97. The second-order valence-electron chi connectivity index (χ2n) is 3.45. The molecule has 0 saturated heterocycles. The number of ether oxygens (including phenoxy) is 1. The van der Waals surface area contributed by atoms with Crippen LogP contribution < -0.4 is 11.1 Å². The van der Waals surface area contributed by atoms with Crippen LogP contribution in [0.5, 0.6) is 0 Å². The monoisotopic (exact) mass is 286 g/mol. The van der Waals surface area contributed by atoms with Crippen LogP contribution in [0.15, 0.2) is 12.1 Å². The van der Waals surface area contributed by atoms with Gasteiger partial charge in [0.15, 0.2) is 0 Å². The summed E-state index contributed by atoms with van der Waals surface area (Å²) in [6.07, 6.45) is -4.36. The molecule has 0 unspecified atom stereocenters. The molecule has 1 aromatic rings. The maximum atomic E-state index is 13.1. The number of nitrogens with one attached hydrogen (secondary N) is 1. The molecule has 0 aromatic heterocycles. The summed E-state index contributed by atoms with van der Waals surface area (Å²) in [5, 5.41) is 2.53. The Balaban J connectivity index is 2.38. The number of benzene rings is 1. The van der Waals surface area contributed by atoms with Gasteiger partial charge in [0.2, 0.25) is 0 Å². The molecule has 1 rings (SSSR count). The first kappa shape index (κ1) is 14.8. The average molecular weight is 287 g/mol. The van der Waals surface area contributed by atoms with Crippen LogP contribution >= 0.6 is 11.6 Å². The zero-order chi connectivity index (χ0) is 13.8. The lowest BCUT2D eigenvalue weighted by atomic mass is 10.2. The summed E-state index contributed by atoms with van der Waals surface area (Å²) in [5.41, 5.74) is 6.00. The zero-order valence-corrected chi connectivity index (χ0v) is 9.91. The molecule has 8 heteroatoms. The minimum atomic E-state index is -4.36. The first-order chi connectivity index (χ1) is 8.29. The summed E-state index contributed by atoms with van der Waals surface area (Å²) in [6.45, 7) is -1.43. The van der Waals surface area contributed by atoms with E-state index in [0.717, 1.165) is 6.07 Å². The van der Waals surface area contributed by atoms with Crippen LogP contribution in [0.1, 0.15) is 0 Å². The van der Waals surface area contributed by atoms with Gasteiger partial charge < -0.3 is 15.8 Å². The molecule has 0 amide bonds. The van der Waals surface area contributed by atoms with Gasteiger partial charge >= 0.3 is 6.18 Å². The molecular weight excluding hydrogens is 276 g/mol. The van der Waals surface area contributed by atoms with E-state index in [4.69, 9.17) is 17.3 Å². The highest BCUT2D eigenvalue weighted by molar-refractivity contribution is 6.31. The molecular formula is C10H11ClF4N2O. The van der Waals surface area contributed by atoms with Crippen LogP contribution in [-0.4, -0.2) is 25.9 Å². The number of hydrogen-bond acceptors (Lipinski definition) is 3. The van der Waals surface area contributed by atoms with E-state index in [0.29, 0.717) is 0 Å². The van der Waals surface area contributed by atoms with Crippen LogP contribution in [0.25, 0.3) is 0 Å². The normalized spacial score (nSPS) is 11.6. The second kappa shape index (κ2) is 6.10. The van der Waals surface area contributed by atoms with E-state index in [1.54, 1.807) is 0 Å². The average Bonchev–Trinajstić information content (AvgIpc) is 2.23. The maximum absolute atomic E-state index is 13.1. The van der Waals surface area contributed by atoms with Crippen molar-refractivity contribution in [2.45, 2.75) is 6.18 Å². The summed E-state index contributed by atoms with van der Waals surface area (Å²) < 4.78 is 52.7. The van der Waals surface area contributed by atoms with Crippen molar-refractivity contribution >= 4 is 23.0 Å². The smallest absolute Gasteiger partial charge is 0.397 e. The zero-order valence-electron chi connectivity index (χ0n) is 9.15. The second-order valence-corrected chi connectivity index (χ2v) is 3.86. The van der Waals surface area contributed by atoms with E-state index in [9.17, 15) is 17.6 Å². The first-order valence-corrected chi connectivity index (χ1v) is 5.30. The van der Waals surface area contributed by atoms with Crippen molar-refractivity contribution in [1.82, 2.24) is 0 Å². The van der Waals surface area contributed by atoms with E-state index >= 15 is 0 Å². The minimum Gasteiger partial charge on any atom is -0.397 e. The maximum Gasteiger partial charge on any atom is 0.411 e. The van der Waals surface area contributed by atoms with Gasteiger partial charge in [-0.25, -0.2) is 4.39 Å². The number of nitrogen functional groups attached to an aromatic ring is 1. The molecule has 3 nitrogen and oxygen atoms in total. The summed E-state index contributed by atoms with van der Waals surface area (Å²) in [4.78, 5) is 0. The molecule has 0 bridgehead atoms. The SMILES string of the molecule is Nc1cc(Cl)c(F)cc1NCCOCC(F)(F)F. The molecule has 0 fully saturated rings. The highest BCUT2D eigenvalue weighted by atomic mass is 35.5. The lowest BCUT2D eigenvalue weighted by Gasteiger charge is -2.11. The van der Waals surface area contributed by atoms with Crippen LogP contribution in [0.2, 0.25) is 5.02 Å². The van der Waals surface area contributed by atoms with Crippen molar-refractivity contribution in [2.75, 3.05) is 30.8 Å². The minimum absolute atomic E-state index is 0.0708. The molecule has 0 atom stereocenters. The summed E-state index contributed by atoms with van der Waals surface area (Å²) in [7, 11) is 0. The summed E-state index contributed by atoms with van der Waals surface area (Å²) in [5.74, 6) is -0.662. The largest absolute Gasteiger partial charge is 0.411 e. The van der Waals surface area contributed by atoms with Gasteiger partial charge in [0.1, 0.15) is 12.4 Å². The Labute approximate surface area is 106 Å². The number of anilines is 2. The number of alkyl halides is 3. The topological polar surface area (TPSA) is 47.3 Å². The molecule has 18 heavy (non-hydrogen) atoms. The summed E-state index contributed by atoms with van der Waals surface area (Å²) >= 11 is 5.49. The van der Waals surface area contributed by atoms with Crippen molar-refractivity contribution in [3.8, 4) is 0 Å². The number of nitrogens with two attached hydrogens (primary N) is 1. The molecule has 0 aliphatic heterocycles. The number of halogens is 5. The highest BCUT2D eigenvalue weighted by Crippen LogP contribution is 2.25. The molecule has 0 saturated carbocycles. The number of rotatable bonds is 5. The fourth-order valence-electron chi connectivity index (χ4n) is 1.16. The predicted molar refractivity (Wildman–Crippen MR) is 61.2 cm³/mol. The molecule has 0 aliphatic rings. The van der Waals surface area contributed by atoms with Crippen LogP contribution in [-0.2, 0) is 4.74 Å². The van der Waals surface area contributed by atoms with E-state index < -0.39 is 18.6 Å². The van der Waals surface area contributed by atoms with Crippen molar-refractivity contribution in [2.24, 2.45) is 0 Å². The van der Waals surface area contributed by atoms with Crippen molar-refractivity contribution in [1.29, 1.82) is 0 Å². The van der Waals surface area contributed by atoms with E-state index in [2.05, 4.69) is 10.1 Å². The fourth-order valence-corrected chi connectivity index (χ4v) is 1.33. The van der Waals surface area contributed by atoms with Crippen LogP contribution in [0, 0.1) is 5.82 Å². The molecule has 0 radical (unpaired) electrons. The van der Waals surface area contributed by atoms with Gasteiger partial charge in [-0.2, -0.15) is 13.2 Å². The van der Waals surface area contributed by atoms with Gasteiger partial charge in [0.05, 0.1) is 23.0 Å². The van der Waals surface area contributed by atoms with Gasteiger partial charge in [0.25, 0.3) is 0 Å². The van der Waals surface area contributed by atoms with E-state index in [1.165, 1.54) is 6.07 Å². The Hall–Kier alpha value is -1.21. The fraction of sp³-hybridized carbons (Fsp3) is 0.400. The number of hydrogen-bond donors (Lipinski definition) is 2. The standard InChI is InChI=1S/C10H11ClF4N2O/c11-6-3-8(16)9(4-7(6)12)17-1-2-18-5-10(13,14)15/h3-4,17H,1-2,5,16H2. The van der Waals surface area contributed by atoms with Gasteiger partial charge in [0, 0.05) is 12.6 Å². The Kier molecular flexibility index (Phi) is 5.03. The Morgan fingerprint density at radius 3 is 2.61 bits per heavy atom. The Morgan fingerprint density at radius 2 is 2.00 bits per heavy atom. The molecule has 3 N–H and O–H groups in total. The third-order valence-corrected chi connectivity index (χ3v) is 2.21. The predicted octanol–water partition coefficient (Wildman–Crippen LogP) is 3.05. The Morgan fingerprint density at radius 1 is 1.33 bits per heavy atom. The van der Waals surface area contributed by atoms with Gasteiger partial charge in [-0.3, -0.25) is 0 Å². The van der Waals surface area contributed by atoms with Crippen molar-refractivity contribution < 1.29 is 22.3 Å². The highest BCUT2D eigenvalue weighted by Gasteiger charge is 2.27. The van der Waals surface area contributed by atoms with Gasteiger partial charge in [-0.05, 0) is 6.07 Å². The molecule has 0 aliphatic carbocycles. The lowest BCUT2D eigenvalue weighted by molar-refractivity contribution is -0.172. The molecule has 102 valence electrons. The molecule has 0 spiro atoms. The van der Waals surface area contributed by atoms with E-state index in [-0.39, 0.29) is 29.5 Å².